The van der Waals surface area contributed by atoms with Crippen LogP contribution in [0.3, 0.4) is 0 Å². The van der Waals surface area contributed by atoms with E-state index in [9.17, 15) is 22.8 Å². The highest BCUT2D eigenvalue weighted by Gasteiger charge is 2.38. The van der Waals surface area contributed by atoms with Crippen molar-refractivity contribution in [3.05, 3.63) is 59.7 Å². The van der Waals surface area contributed by atoms with Gasteiger partial charge in [0.1, 0.15) is 17.7 Å². The van der Waals surface area contributed by atoms with E-state index in [0.717, 1.165) is 19.3 Å². The van der Waals surface area contributed by atoms with Crippen LogP contribution in [0.5, 0.6) is 0 Å². The van der Waals surface area contributed by atoms with E-state index in [4.69, 9.17) is 22.6 Å². The summed E-state index contributed by atoms with van der Waals surface area (Å²) in [6.45, 7) is 2.01. The van der Waals surface area contributed by atoms with Crippen LogP contribution in [0.1, 0.15) is 36.8 Å². The van der Waals surface area contributed by atoms with Gasteiger partial charge in [-0.05, 0) is 74.5 Å². The van der Waals surface area contributed by atoms with Gasteiger partial charge in [-0.1, -0.05) is 24.3 Å². The Kier molecular flexibility index (Phi) is 11.6. The SMILES string of the molecule is N=C(N)c1cccc(C[C@](C=O)(CN2CCC(CCNC(N)=O)CC2)NS(=O)(=O)c2cccc(NC(=O)CCN)c2)c1. The van der Waals surface area contributed by atoms with Crippen LogP contribution in [-0.2, 0) is 26.0 Å². The molecule has 13 nitrogen and oxygen atoms in total. The lowest BCUT2D eigenvalue weighted by Crippen LogP contribution is -2.59. The molecule has 0 saturated carbocycles. The lowest BCUT2D eigenvalue weighted by molar-refractivity contribution is -0.116. The molecule has 228 valence electrons. The van der Waals surface area contributed by atoms with Crippen LogP contribution in [0.2, 0.25) is 0 Å². The first-order valence-corrected chi connectivity index (χ1v) is 15.2. The molecule has 1 aliphatic rings. The van der Waals surface area contributed by atoms with Crippen LogP contribution in [-0.4, -0.2) is 75.6 Å². The number of benzene rings is 2. The average molecular weight is 601 g/mol. The van der Waals surface area contributed by atoms with Gasteiger partial charge >= 0.3 is 6.03 Å². The summed E-state index contributed by atoms with van der Waals surface area (Å²) in [5.74, 6) is -0.128. The minimum Gasteiger partial charge on any atom is -0.384 e. The molecule has 2 aromatic carbocycles. The largest absolute Gasteiger partial charge is 0.384 e. The summed E-state index contributed by atoms with van der Waals surface area (Å²) >= 11 is 0. The van der Waals surface area contributed by atoms with Gasteiger partial charge in [0.25, 0.3) is 0 Å². The number of carbonyl (C=O) groups is 3. The zero-order chi connectivity index (χ0) is 30.8. The average Bonchev–Trinajstić information content (AvgIpc) is 2.94. The Morgan fingerprint density at radius 3 is 2.45 bits per heavy atom. The Hall–Kier alpha value is -3.85. The van der Waals surface area contributed by atoms with Gasteiger partial charge in [-0.3, -0.25) is 10.2 Å². The van der Waals surface area contributed by atoms with Crippen molar-refractivity contribution in [3.63, 3.8) is 0 Å². The maximum absolute atomic E-state index is 13.7. The van der Waals surface area contributed by atoms with E-state index in [2.05, 4.69) is 15.4 Å². The van der Waals surface area contributed by atoms with Gasteiger partial charge in [-0.15, -0.1) is 0 Å². The van der Waals surface area contributed by atoms with E-state index < -0.39 is 21.6 Å². The van der Waals surface area contributed by atoms with Crippen LogP contribution < -0.4 is 32.6 Å². The molecule has 3 rings (SSSR count). The molecule has 0 bridgehead atoms. The third kappa shape index (κ3) is 9.62. The summed E-state index contributed by atoms with van der Waals surface area (Å²) < 4.78 is 30.0. The first-order chi connectivity index (χ1) is 19.9. The Balaban J connectivity index is 1.85. The van der Waals surface area contributed by atoms with Gasteiger partial charge in [0.2, 0.25) is 15.9 Å². The number of carbonyl (C=O) groups excluding carboxylic acids is 3. The molecular formula is C28H40N8O5S. The minimum absolute atomic E-state index is 0.0201. The van der Waals surface area contributed by atoms with Crippen LogP contribution >= 0.6 is 0 Å². The highest BCUT2D eigenvalue weighted by Crippen LogP contribution is 2.25. The van der Waals surface area contributed by atoms with Crippen molar-refractivity contribution in [1.82, 2.24) is 14.9 Å². The van der Waals surface area contributed by atoms with Crippen LogP contribution in [0, 0.1) is 11.3 Å². The lowest BCUT2D eigenvalue weighted by atomic mass is 9.89. The van der Waals surface area contributed by atoms with Crippen molar-refractivity contribution in [2.75, 3.05) is 38.0 Å². The zero-order valence-electron chi connectivity index (χ0n) is 23.5. The predicted molar refractivity (Wildman–Crippen MR) is 160 cm³/mol. The number of piperidine rings is 1. The molecular weight excluding hydrogens is 560 g/mol. The first-order valence-electron chi connectivity index (χ1n) is 13.7. The van der Waals surface area contributed by atoms with Gasteiger partial charge in [0.15, 0.2) is 0 Å². The number of nitrogens with two attached hydrogens (primary N) is 3. The molecule has 0 spiro atoms. The standard InChI is InChI=1S/C28H40N8O5S/c29-11-7-25(38)34-23-5-2-6-24(16-23)42(40,41)35-28(19-37,17-21-3-1-4-22(15-21)26(30)31)18-36-13-9-20(10-14-36)8-12-33-27(32)39/h1-6,15-16,19-20,35H,7-14,17-18,29H2,(H3,30,31)(H,34,38)(H3,32,33,39)/t28-/m1/s1. The highest BCUT2D eigenvalue weighted by molar-refractivity contribution is 7.89. The smallest absolute Gasteiger partial charge is 0.312 e. The summed E-state index contributed by atoms with van der Waals surface area (Å²) in [5.41, 5.74) is 16.1. The van der Waals surface area contributed by atoms with Crippen molar-refractivity contribution < 1.29 is 22.8 Å². The van der Waals surface area contributed by atoms with E-state index in [0.29, 0.717) is 43.0 Å². The Morgan fingerprint density at radius 1 is 1.10 bits per heavy atom. The predicted octanol–water partition coefficient (Wildman–Crippen LogP) is 0.487. The van der Waals surface area contributed by atoms with E-state index in [1.807, 2.05) is 4.90 Å². The number of likely N-dealkylation sites (tertiary alicyclic amines) is 1. The molecule has 14 heteroatoms. The van der Waals surface area contributed by atoms with Gasteiger partial charge in [0, 0.05) is 37.3 Å². The molecule has 1 heterocycles. The highest BCUT2D eigenvalue weighted by atomic mass is 32.2. The molecule has 2 aromatic rings. The van der Waals surface area contributed by atoms with E-state index in [1.54, 1.807) is 30.3 Å². The molecule has 1 saturated heterocycles. The number of aldehydes is 1. The monoisotopic (exact) mass is 600 g/mol. The number of sulfonamides is 1. The second-order valence-corrected chi connectivity index (χ2v) is 12.3. The molecule has 0 aliphatic carbocycles. The molecule has 1 fully saturated rings. The third-order valence-electron chi connectivity index (χ3n) is 7.18. The van der Waals surface area contributed by atoms with Crippen molar-refractivity contribution >= 4 is 39.8 Å². The fourth-order valence-electron chi connectivity index (χ4n) is 5.09. The molecule has 1 atom stereocenters. The minimum atomic E-state index is -4.23. The van der Waals surface area contributed by atoms with E-state index in [1.165, 1.54) is 18.2 Å². The Morgan fingerprint density at radius 2 is 1.81 bits per heavy atom. The van der Waals surface area contributed by atoms with Gasteiger partial charge in [-0.2, -0.15) is 4.72 Å². The summed E-state index contributed by atoms with van der Waals surface area (Å²) in [4.78, 5) is 37.8. The number of hydrogen-bond donors (Lipinski definition) is 7. The molecule has 1 aliphatic heterocycles. The number of anilines is 1. The summed E-state index contributed by atoms with van der Waals surface area (Å²) in [6, 6.07) is 12.0. The number of rotatable bonds is 15. The number of amides is 3. The zero-order valence-corrected chi connectivity index (χ0v) is 24.3. The van der Waals surface area contributed by atoms with Crippen molar-refractivity contribution in [1.29, 1.82) is 5.41 Å². The normalized spacial score (nSPS) is 15.8. The maximum atomic E-state index is 13.7. The fraction of sp³-hybridized carbons (Fsp3) is 0.429. The second-order valence-electron chi connectivity index (χ2n) is 10.6. The molecule has 0 radical (unpaired) electrons. The molecule has 42 heavy (non-hydrogen) atoms. The van der Waals surface area contributed by atoms with Crippen molar-refractivity contribution in [2.24, 2.45) is 23.1 Å². The Labute approximate surface area is 246 Å². The molecule has 3 amide bonds. The summed E-state index contributed by atoms with van der Waals surface area (Å²) in [6.07, 6.45) is 3.13. The topological polar surface area (TPSA) is 227 Å². The number of hydrogen-bond acceptors (Lipinski definition) is 8. The van der Waals surface area contributed by atoms with Crippen molar-refractivity contribution in [3.8, 4) is 0 Å². The number of urea groups is 1. The van der Waals surface area contributed by atoms with Crippen molar-refractivity contribution in [2.45, 2.75) is 42.5 Å². The van der Waals surface area contributed by atoms with Gasteiger partial charge < -0.3 is 37.5 Å². The van der Waals surface area contributed by atoms with E-state index in [-0.39, 0.29) is 48.3 Å². The second kappa shape index (κ2) is 14.9. The Bertz CT molecular complexity index is 1380. The molecule has 0 unspecified atom stereocenters. The first kappa shape index (κ1) is 32.7. The maximum Gasteiger partial charge on any atom is 0.312 e. The third-order valence-corrected chi connectivity index (χ3v) is 8.73. The van der Waals surface area contributed by atoms with Crippen LogP contribution in [0.4, 0.5) is 10.5 Å². The number of primary amides is 1. The van der Waals surface area contributed by atoms with E-state index >= 15 is 0 Å². The van der Waals surface area contributed by atoms with Gasteiger partial charge in [-0.25, -0.2) is 13.2 Å². The number of amidine groups is 1. The number of nitrogens with one attached hydrogen (secondary N) is 4. The number of nitrogens with zero attached hydrogens (tertiary/aromatic N) is 1. The van der Waals surface area contributed by atoms with Crippen LogP contribution in [0.15, 0.2) is 53.4 Å². The quantitative estimate of drug-likeness (QED) is 0.0862. The lowest BCUT2D eigenvalue weighted by Gasteiger charge is -2.38. The fourth-order valence-corrected chi connectivity index (χ4v) is 6.47. The summed E-state index contributed by atoms with van der Waals surface area (Å²) in [5, 5.41) is 13.0. The van der Waals surface area contributed by atoms with Gasteiger partial charge in [0.05, 0.1) is 4.90 Å². The molecule has 0 aromatic heterocycles. The number of nitrogen functional groups attached to an aromatic ring is 1. The van der Waals surface area contributed by atoms with Crippen LogP contribution in [0.25, 0.3) is 0 Å². The summed E-state index contributed by atoms with van der Waals surface area (Å²) in [7, 11) is -4.23. The molecule has 10 N–H and O–H groups in total.